The Morgan fingerprint density at radius 1 is 1.47 bits per heavy atom. The van der Waals surface area contributed by atoms with Gasteiger partial charge in [-0.05, 0) is 19.1 Å². The van der Waals surface area contributed by atoms with E-state index >= 15 is 0 Å². The number of nitrogens with zero attached hydrogens (tertiary/aromatic N) is 1. The van der Waals surface area contributed by atoms with Crippen molar-refractivity contribution in [3.8, 4) is 0 Å². The van der Waals surface area contributed by atoms with E-state index < -0.39 is 23.1 Å². The molecule has 0 aliphatic carbocycles. The maximum absolute atomic E-state index is 12.6. The lowest BCUT2D eigenvalue weighted by Gasteiger charge is -2.18. The second-order valence-electron chi connectivity index (χ2n) is 4.43. The van der Waals surface area contributed by atoms with Crippen LogP contribution in [0.3, 0.4) is 0 Å². The van der Waals surface area contributed by atoms with Crippen molar-refractivity contribution in [2.45, 2.75) is 13.1 Å². The summed E-state index contributed by atoms with van der Waals surface area (Å²) in [6.45, 7) is 1.16. The highest BCUT2D eigenvalue weighted by Crippen LogP contribution is 2.33. The molecule has 2 rings (SSSR count). The maximum atomic E-state index is 12.6. The van der Waals surface area contributed by atoms with E-state index in [4.69, 9.17) is 9.94 Å². The van der Waals surface area contributed by atoms with E-state index in [-0.39, 0.29) is 17.9 Å². The number of carboxylic acids is 1. The molecular weight excluding hydrogens is 263 g/mol. The molecule has 1 aromatic carbocycles. The third-order valence-electron chi connectivity index (χ3n) is 2.97. The quantitative estimate of drug-likeness (QED) is 0.900. The average Bonchev–Trinajstić information content (AvgIpc) is 2.72. The van der Waals surface area contributed by atoms with E-state index in [9.17, 15) is 18.0 Å². The normalized spacial score (nSPS) is 22.8. The zero-order chi connectivity index (χ0) is 14.3. The topological polar surface area (TPSA) is 58.9 Å². The van der Waals surface area contributed by atoms with Crippen LogP contribution >= 0.6 is 0 Å². The molecule has 1 atom stereocenters. The van der Waals surface area contributed by atoms with Gasteiger partial charge >= 0.3 is 12.1 Å². The van der Waals surface area contributed by atoms with Gasteiger partial charge in [0.2, 0.25) is 0 Å². The number of hydrogen-bond acceptors (Lipinski definition) is 3. The summed E-state index contributed by atoms with van der Waals surface area (Å²) in [4.78, 5) is 15.9. The first kappa shape index (κ1) is 13.4. The third kappa shape index (κ3) is 2.27. The van der Waals surface area contributed by atoms with Crippen LogP contribution in [0.1, 0.15) is 18.1 Å². The molecule has 0 spiro atoms. The number of oxime groups is 1. The van der Waals surface area contributed by atoms with Crippen molar-refractivity contribution in [2.24, 2.45) is 10.6 Å². The Labute approximate surface area is 106 Å². The number of aliphatic carboxylic acids is 1. The van der Waals surface area contributed by atoms with Gasteiger partial charge in [0.1, 0.15) is 17.7 Å². The molecule has 0 aromatic heterocycles. The Morgan fingerprint density at radius 2 is 2.16 bits per heavy atom. The van der Waals surface area contributed by atoms with Crippen molar-refractivity contribution in [3.05, 3.63) is 35.4 Å². The molecule has 0 radical (unpaired) electrons. The molecule has 0 saturated carbocycles. The molecule has 0 fully saturated rings. The van der Waals surface area contributed by atoms with Gasteiger partial charge < -0.3 is 9.94 Å². The second kappa shape index (κ2) is 4.25. The zero-order valence-electron chi connectivity index (χ0n) is 9.86. The number of benzene rings is 1. The lowest BCUT2D eigenvalue weighted by Crippen LogP contribution is -2.37. The van der Waals surface area contributed by atoms with Crippen molar-refractivity contribution < 1.29 is 27.9 Å². The van der Waals surface area contributed by atoms with E-state index in [0.29, 0.717) is 0 Å². The van der Waals surface area contributed by atoms with E-state index in [1.165, 1.54) is 19.1 Å². The summed E-state index contributed by atoms with van der Waals surface area (Å²) in [5.74, 6) is -1.19. The number of alkyl halides is 3. The fraction of sp³-hybridized carbons (Fsp3) is 0.333. The number of hydrogen-bond donors (Lipinski definition) is 1. The largest absolute Gasteiger partial charge is 0.480 e. The number of carboxylic acid groups (broad SMARTS) is 1. The van der Waals surface area contributed by atoms with Crippen molar-refractivity contribution >= 4 is 11.7 Å². The molecule has 19 heavy (non-hydrogen) atoms. The highest BCUT2D eigenvalue weighted by atomic mass is 19.4. The zero-order valence-corrected chi connectivity index (χ0v) is 9.86. The highest BCUT2D eigenvalue weighted by Gasteiger charge is 2.45. The lowest BCUT2D eigenvalue weighted by atomic mass is 9.82. The van der Waals surface area contributed by atoms with Crippen molar-refractivity contribution in [1.82, 2.24) is 0 Å². The van der Waals surface area contributed by atoms with Gasteiger partial charge in [0.05, 0.1) is 5.56 Å². The van der Waals surface area contributed by atoms with E-state index in [2.05, 4.69) is 5.16 Å². The SMILES string of the molecule is CC1(C(=O)O)CON=C1c1cccc(C(F)(F)F)c1. The van der Waals surface area contributed by atoms with Crippen molar-refractivity contribution in [2.75, 3.05) is 6.61 Å². The Kier molecular flexibility index (Phi) is 3.00. The summed E-state index contributed by atoms with van der Waals surface area (Å²) < 4.78 is 37.9. The molecule has 1 aromatic rings. The standard InChI is InChI=1S/C12H10F3NO3/c1-11(10(17)18)6-19-16-9(11)7-3-2-4-8(5-7)12(13,14)15/h2-5H,6H2,1H3,(H,17,18). The van der Waals surface area contributed by atoms with Gasteiger partial charge in [-0.2, -0.15) is 13.2 Å². The molecule has 1 unspecified atom stereocenters. The first-order valence-electron chi connectivity index (χ1n) is 5.36. The monoisotopic (exact) mass is 273 g/mol. The summed E-state index contributed by atoms with van der Waals surface area (Å²) in [6, 6.07) is 4.37. The minimum atomic E-state index is -4.49. The minimum absolute atomic E-state index is 0.00824. The van der Waals surface area contributed by atoms with Gasteiger partial charge in [-0.25, -0.2) is 0 Å². The number of carbonyl (C=O) groups is 1. The number of halogens is 3. The van der Waals surface area contributed by atoms with Gasteiger partial charge in [0, 0.05) is 5.56 Å². The molecule has 0 bridgehead atoms. The Bertz CT molecular complexity index is 553. The maximum Gasteiger partial charge on any atom is 0.416 e. The van der Waals surface area contributed by atoms with Crippen LogP contribution in [0, 0.1) is 5.41 Å². The fourth-order valence-electron chi connectivity index (χ4n) is 1.77. The predicted octanol–water partition coefficient (Wildman–Crippen LogP) is 2.53. The van der Waals surface area contributed by atoms with E-state index in [1.807, 2.05) is 0 Å². The molecule has 0 saturated heterocycles. The predicted molar refractivity (Wildman–Crippen MR) is 59.7 cm³/mol. The molecular formula is C12H10F3NO3. The fourth-order valence-corrected chi connectivity index (χ4v) is 1.77. The summed E-state index contributed by atoms with van der Waals surface area (Å²) in [6.07, 6.45) is -4.49. The summed E-state index contributed by atoms with van der Waals surface area (Å²) in [5.41, 5.74) is -2.21. The summed E-state index contributed by atoms with van der Waals surface area (Å²) >= 11 is 0. The molecule has 7 heteroatoms. The van der Waals surface area contributed by atoms with Crippen LogP contribution in [-0.2, 0) is 15.8 Å². The summed E-state index contributed by atoms with van der Waals surface area (Å²) in [7, 11) is 0. The van der Waals surface area contributed by atoms with Gasteiger partial charge in [0.15, 0.2) is 0 Å². The molecule has 1 aliphatic rings. The van der Waals surface area contributed by atoms with Crippen LogP contribution in [0.25, 0.3) is 0 Å². The molecule has 102 valence electrons. The van der Waals surface area contributed by atoms with Crippen LogP contribution in [-0.4, -0.2) is 23.4 Å². The Hall–Kier alpha value is -2.05. The van der Waals surface area contributed by atoms with Gasteiger partial charge in [-0.15, -0.1) is 0 Å². The molecule has 1 N–H and O–H groups in total. The Balaban J connectivity index is 2.46. The summed E-state index contributed by atoms with van der Waals surface area (Å²) in [5, 5.41) is 12.7. The van der Waals surface area contributed by atoms with E-state index in [0.717, 1.165) is 12.1 Å². The van der Waals surface area contributed by atoms with Gasteiger partial charge in [0.25, 0.3) is 0 Å². The Morgan fingerprint density at radius 3 is 2.74 bits per heavy atom. The first-order chi connectivity index (χ1) is 8.75. The number of rotatable bonds is 2. The molecule has 1 heterocycles. The van der Waals surface area contributed by atoms with Crippen LogP contribution in [0.5, 0.6) is 0 Å². The second-order valence-corrected chi connectivity index (χ2v) is 4.43. The van der Waals surface area contributed by atoms with E-state index in [1.54, 1.807) is 0 Å². The van der Waals surface area contributed by atoms with Crippen molar-refractivity contribution in [1.29, 1.82) is 0 Å². The van der Waals surface area contributed by atoms with Crippen molar-refractivity contribution in [3.63, 3.8) is 0 Å². The lowest BCUT2D eigenvalue weighted by molar-refractivity contribution is -0.145. The van der Waals surface area contributed by atoms with Crippen LogP contribution in [0.4, 0.5) is 13.2 Å². The minimum Gasteiger partial charge on any atom is -0.480 e. The first-order valence-corrected chi connectivity index (χ1v) is 5.36. The third-order valence-corrected chi connectivity index (χ3v) is 2.97. The highest BCUT2D eigenvalue weighted by molar-refractivity contribution is 6.15. The van der Waals surface area contributed by atoms with Gasteiger partial charge in [-0.1, -0.05) is 17.3 Å². The molecule has 1 aliphatic heterocycles. The van der Waals surface area contributed by atoms with Crippen LogP contribution in [0.15, 0.2) is 29.4 Å². The molecule has 4 nitrogen and oxygen atoms in total. The van der Waals surface area contributed by atoms with Gasteiger partial charge in [-0.3, -0.25) is 4.79 Å². The van der Waals surface area contributed by atoms with Crippen LogP contribution in [0.2, 0.25) is 0 Å². The molecule has 0 amide bonds. The average molecular weight is 273 g/mol. The smallest absolute Gasteiger partial charge is 0.416 e. The van der Waals surface area contributed by atoms with Crippen LogP contribution < -0.4 is 0 Å².